The maximum atomic E-state index is 11.8. The van der Waals surface area contributed by atoms with Crippen molar-refractivity contribution in [1.29, 1.82) is 0 Å². The molecular weight excluding hydrogens is 266 g/mol. The fraction of sp³-hybridized carbons (Fsp3) is 0.500. The summed E-state index contributed by atoms with van der Waals surface area (Å²) in [6.45, 7) is 4.60. The number of nitrogens with one attached hydrogen (secondary N) is 2. The zero-order chi connectivity index (χ0) is 14.5. The van der Waals surface area contributed by atoms with Gasteiger partial charge in [-0.05, 0) is 23.6 Å². The van der Waals surface area contributed by atoms with Crippen molar-refractivity contribution in [3.8, 4) is 5.75 Å². The number of ether oxygens (including phenoxy) is 1. The van der Waals surface area contributed by atoms with Gasteiger partial charge in [0.2, 0.25) is 0 Å². The Hall–Kier alpha value is -1.31. The van der Waals surface area contributed by atoms with Crippen LogP contribution in [-0.2, 0) is 16.8 Å². The van der Waals surface area contributed by atoms with E-state index in [1.165, 1.54) is 7.11 Å². The largest absolute Gasteiger partial charge is 0.495 e. The number of rotatable bonds is 7. The van der Waals surface area contributed by atoms with Crippen LogP contribution in [0.3, 0.4) is 0 Å². The minimum Gasteiger partial charge on any atom is -0.495 e. The van der Waals surface area contributed by atoms with Crippen LogP contribution in [0.25, 0.3) is 0 Å². The van der Waals surface area contributed by atoms with Crippen LogP contribution in [-0.4, -0.2) is 22.1 Å². The SMILES string of the molecule is COc1cc(CN)ccc1NS(=O)(=O)NCC(C)C. The van der Waals surface area contributed by atoms with Crippen LogP contribution in [0.4, 0.5) is 5.69 Å². The Balaban J connectivity index is 2.86. The molecule has 0 fully saturated rings. The van der Waals surface area contributed by atoms with Crippen LogP contribution in [0.5, 0.6) is 5.75 Å². The van der Waals surface area contributed by atoms with E-state index in [0.29, 0.717) is 24.5 Å². The molecular formula is C12H21N3O3S. The first-order valence-corrected chi connectivity index (χ1v) is 7.50. The molecule has 0 saturated heterocycles. The van der Waals surface area contributed by atoms with E-state index in [0.717, 1.165) is 5.56 Å². The molecule has 0 spiro atoms. The number of benzene rings is 1. The summed E-state index contributed by atoms with van der Waals surface area (Å²) in [5, 5.41) is 0. The van der Waals surface area contributed by atoms with Gasteiger partial charge in [-0.2, -0.15) is 13.1 Å². The van der Waals surface area contributed by atoms with Gasteiger partial charge in [-0.1, -0.05) is 19.9 Å². The molecule has 7 heteroatoms. The van der Waals surface area contributed by atoms with E-state index in [1.54, 1.807) is 18.2 Å². The van der Waals surface area contributed by atoms with E-state index in [-0.39, 0.29) is 5.92 Å². The summed E-state index contributed by atoms with van der Waals surface area (Å²) in [7, 11) is -2.11. The Labute approximate surface area is 114 Å². The lowest BCUT2D eigenvalue weighted by Gasteiger charge is -2.14. The van der Waals surface area contributed by atoms with Crippen LogP contribution in [0, 0.1) is 5.92 Å². The van der Waals surface area contributed by atoms with Gasteiger partial charge in [0.15, 0.2) is 0 Å². The number of methoxy groups -OCH3 is 1. The summed E-state index contributed by atoms with van der Waals surface area (Å²) in [4.78, 5) is 0. The summed E-state index contributed by atoms with van der Waals surface area (Å²) in [5.74, 6) is 0.677. The van der Waals surface area contributed by atoms with Gasteiger partial charge < -0.3 is 10.5 Å². The molecule has 0 bridgehead atoms. The zero-order valence-electron chi connectivity index (χ0n) is 11.4. The summed E-state index contributed by atoms with van der Waals surface area (Å²) in [6, 6.07) is 5.10. The molecule has 6 nitrogen and oxygen atoms in total. The molecule has 0 aliphatic rings. The summed E-state index contributed by atoms with van der Waals surface area (Å²) < 4.78 is 33.7. The van der Waals surface area contributed by atoms with Crippen molar-refractivity contribution in [2.45, 2.75) is 20.4 Å². The topological polar surface area (TPSA) is 93.4 Å². The highest BCUT2D eigenvalue weighted by molar-refractivity contribution is 7.90. The molecule has 1 aromatic carbocycles. The predicted molar refractivity (Wildman–Crippen MR) is 76.3 cm³/mol. The van der Waals surface area contributed by atoms with Gasteiger partial charge in [0.1, 0.15) is 5.75 Å². The minimum absolute atomic E-state index is 0.234. The maximum absolute atomic E-state index is 11.8. The van der Waals surface area contributed by atoms with Crippen molar-refractivity contribution in [2.24, 2.45) is 11.7 Å². The third-order valence-corrected chi connectivity index (χ3v) is 3.46. The average molecular weight is 287 g/mol. The summed E-state index contributed by atoms with van der Waals surface area (Å²) in [5.41, 5.74) is 6.78. The van der Waals surface area contributed by atoms with E-state index >= 15 is 0 Å². The standard InChI is InChI=1S/C12H21N3O3S/c1-9(2)8-14-19(16,17)15-11-5-4-10(7-13)6-12(11)18-3/h4-6,9,14-15H,7-8,13H2,1-3H3. The Morgan fingerprint density at radius 1 is 1.37 bits per heavy atom. The van der Waals surface area contributed by atoms with E-state index in [2.05, 4.69) is 9.44 Å². The third kappa shape index (κ3) is 5.06. The number of hydrogen-bond donors (Lipinski definition) is 3. The smallest absolute Gasteiger partial charge is 0.299 e. The lowest BCUT2D eigenvalue weighted by atomic mass is 10.2. The molecule has 108 valence electrons. The predicted octanol–water partition coefficient (Wildman–Crippen LogP) is 1.06. The highest BCUT2D eigenvalue weighted by Crippen LogP contribution is 2.26. The van der Waals surface area contributed by atoms with Gasteiger partial charge in [-0.25, -0.2) is 0 Å². The van der Waals surface area contributed by atoms with E-state index in [9.17, 15) is 8.42 Å². The van der Waals surface area contributed by atoms with Gasteiger partial charge in [-0.3, -0.25) is 4.72 Å². The third-order valence-electron chi connectivity index (χ3n) is 2.43. The molecule has 0 aromatic heterocycles. The van der Waals surface area contributed by atoms with Crippen LogP contribution < -0.4 is 19.9 Å². The van der Waals surface area contributed by atoms with Gasteiger partial charge >= 0.3 is 0 Å². The fourth-order valence-electron chi connectivity index (χ4n) is 1.40. The molecule has 0 amide bonds. The monoisotopic (exact) mass is 287 g/mol. The zero-order valence-corrected chi connectivity index (χ0v) is 12.3. The van der Waals surface area contributed by atoms with Crippen molar-refractivity contribution in [3.63, 3.8) is 0 Å². The van der Waals surface area contributed by atoms with Gasteiger partial charge in [0, 0.05) is 13.1 Å². The molecule has 1 rings (SSSR count). The molecule has 4 N–H and O–H groups in total. The second-order valence-corrected chi connectivity index (χ2v) is 6.09. The Morgan fingerprint density at radius 3 is 2.58 bits per heavy atom. The molecule has 0 radical (unpaired) electrons. The average Bonchev–Trinajstić information content (AvgIpc) is 2.36. The number of anilines is 1. The second-order valence-electron chi connectivity index (χ2n) is 4.59. The first-order valence-electron chi connectivity index (χ1n) is 6.02. The van der Waals surface area contributed by atoms with Crippen LogP contribution >= 0.6 is 0 Å². The minimum atomic E-state index is -3.59. The highest BCUT2D eigenvalue weighted by atomic mass is 32.2. The number of nitrogens with two attached hydrogens (primary N) is 1. The molecule has 0 saturated carbocycles. The van der Waals surface area contributed by atoms with E-state index < -0.39 is 10.2 Å². The Morgan fingerprint density at radius 2 is 2.05 bits per heavy atom. The van der Waals surface area contributed by atoms with Crippen molar-refractivity contribution in [2.75, 3.05) is 18.4 Å². The Kier molecular flexibility index (Phi) is 5.59. The molecule has 0 aliphatic heterocycles. The summed E-state index contributed by atoms with van der Waals surface area (Å²) >= 11 is 0. The second kappa shape index (κ2) is 6.74. The van der Waals surface area contributed by atoms with Gasteiger partial charge in [0.25, 0.3) is 10.2 Å². The van der Waals surface area contributed by atoms with Crippen molar-refractivity contribution < 1.29 is 13.2 Å². The van der Waals surface area contributed by atoms with E-state index in [1.807, 2.05) is 13.8 Å². The van der Waals surface area contributed by atoms with E-state index in [4.69, 9.17) is 10.5 Å². The highest BCUT2D eigenvalue weighted by Gasteiger charge is 2.13. The summed E-state index contributed by atoms with van der Waals surface area (Å²) in [6.07, 6.45) is 0. The van der Waals surface area contributed by atoms with Gasteiger partial charge in [0.05, 0.1) is 12.8 Å². The normalized spacial score (nSPS) is 11.6. The maximum Gasteiger partial charge on any atom is 0.299 e. The van der Waals surface area contributed by atoms with Crippen molar-refractivity contribution in [1.82, 2.24) is 4.72 Å². The fourth-order valence-corrected chi connectivity index (χ4v) is 2.49. The van der Waals surface area contributed by atoms with Crippen molar-refractivity contribution in [3.05, 3.63) is 23.8 Å². The molecule has 0 unspecified atom stereocenters. The quantitative estimate of drug-likeness (QED) is 0.699. The number of hydrogen-bond acceptors (Lipinski definition) is 4. The first kappa shape index (κ1) is 15.7. The molecule has 0 heterocycles. The van der Waals surface area contributed by atoms with Gasteiger partial charge in [-0.15, -0.1) is 0 Å². The van der Waals surface area contributed by atoms with Crippen LogP contribution in [0.15, 0.2) is 18.2 Å². The van der Waals surface area contributed by atoms with Crippen LogP contribution in [0.2, 0.25) is 0 Å². The molecule has 1 aromatic rings. The first-order chi connectivity index (χ1) is 8.88. The van der Waals surface area contributed by atoms with Crippen LogP contribution in [0.1, 0.15) is 19.4 Å². The van der Waals surface area contributed by atoms with Crippen molar-refractivity contribution >= 4 is 15.9 Å². The lowest BCUT2D eigenvalue weighted by Crippen LogP contribution is -2.33. The molecule has 0 aliphatic carbocycles. The Bertz CT molecular complexity index is 515. The molecule has 0 atom stereocenters. The lowest BCUT2D eigenvalue weighted by molar-refractivity contribution is 0.416. The molecule has 19 heavy (non-hydrogen) atoms.